The molecule has 2 unspecified atom stereocenters. The summed E-state index contributed by atoms with van der Waals surface area (Å²) in [5, 5.41) is 1.37. The Morgan fingerprint density at radius 3 is 2.33 bits per heavy atom. The van der Waals surface area contributed by atoms with Crippen molar-refractivity contribution in [1.29, 1.82) is 0 Å². The minimum absolute atomic E-state index is 0.108. The van der Waals surface area contributed by atoms with Gasteiger partial charge >= 0.3 is 12.9 Å². The summed E-state index contributed by atoms with van der Waals surface area (Å²) in [5.41, 5.74) is 0.586. The monoisotopic (exact) mass is 379 g/mol. The summed E-state index contributed by atoms with van der Waals surface area (Å²) < 4.78 is 20.8. The first kappa shape index (κ1) is 20.8. The molecule has 0 aliphatic heterocycles. The van der Waals surface area contributed by atoms with Crippen LogP contribution in [-0.2, 0) is 18.7 Å². The van der Waals surface area contributed by atoms with Gasteiger partial charge in [-0.2, -0.15) is 0 Å². The summed E-state index contributed by atoms with van der Waals surface area (Å²) in [6.07, 6.45) is 0.349. The van der Waals surface area contributed by atoms with Gasteiger partial charge in [0, 0.05) is 11.2 Å². The fourth-order valence-corrected chi connectivity index (χ4v) is 2.67. The molecule has 2 atom stereocenters. The fraction of sp³-hybridized carbons (Fsp3) is 0.533. The minimum Gasteiger partial charge on any atom is -0.497 e. The Hall–Kier alpha value is -1.27. The maximum atomic E-state index is 12.3. The number of hydrogen-bond donors (Lipinski definition) is 1. The van der Waals surface area contributed by atoms with Gasteiger partial charge < -0.3 is 14.2 Å². The molecular weight excluding hydrogens is 357 g/mol. The highest BCUT2D eigenvalue weighted by Gasteiger charge is 2.34. The van der Waals surface area contributed by atoms with Gasteiger partial charge in [-0.15, -0.1) is 0 Å². The number of carbonyl (C=O) groups is 1. The zero-order chi connectivity index (χ0) is 18.3. The van der Waals surface area contributed by atoms with Gasteiger partial charge in [-0.1, -0.05) is 13.8 Å². The van der Waals surface area contributed by atoms with E-state index < -0.39 is 19.0 Å². The largest absolute Gasteiger partial charge is 0.497 e. The van der Waals surface area contributed by atoms with Gasteiger partial charge in [0.05, 0.1) is 19.4 Å². The van der Waals surface area contributed by atoms with Crippen LogP contribution in [0, 0.1) is 5.92 Å². The molecule has 1 N–H and O–H groups in total. The van der Waals surface area contributed by atoms with Gasteiger partial charge in [0.25, 0.3) is 0 Å². The van der Waals surface area contributed by atoms with Gasteiger partial charge in [-0.3, -0.25) is 4.84 Å². The normalized spacial score (nSPS) is 14.8. The molecule has 0 bridgehead atoms. The first-order valence-electron chi connectivity index (χ1n) is 7.50. The molecule has 0 heterocycles. The van der Waals surface area contributed by atoms with Crippen molar-refractivity contribution in [2.24, 2.45) is 5.92 Å². The van der Waals surface area contributed by atoms with Crippen LogP contribution in [0.2, 0.25) is 0 Å². The minimum atomic E-state index is -4.46. The van der Waals surface area contributed by atoms with E-state index in [1.54, 1.807) is 38.3 Å². The van der Waals surface area contributed by atoms with E-state index in [9.17, 15) is 9.36 Å². The average molecular weight is 380 g/mol. The number of ether oxygens (including phenoxy) is 1. The summed E-state index contributed by atoms with van der Waals surface area (Å²) in [7, 11) is 1.55. The number of hydroxylamine groups is 1. The molecule has 1 rings (SSSR count). The summed E-state index contributed by atoms with van der Waals surface area (Å²) in [6, 6.07) is 5.95. The molecule has 1 aromatic carbocycles. The van der Waals surface area contributed by atoms with Crippen molar-refractivity contribution in [2.45, 2.75) is 33.2 Å². The smallest absolute Gasteiger partial charge is 0.476 e. The molecule has 0 spiro atoms. The van der Waals surface area contributed by atoms with Gasteiger partial charge in [0.1, 0.15) is 5.75 Å². The van der Waals surface area contributed by atoms with E-state index >= 15 is 0 Å². The number of hydrogen-bond acceptors (Lipinski definition) is 6. The summed E-state index contributed by atoms with van der Waals surface area (Å²) in [5.74, 6) is -0.162. The number of carbonyl (C=O) groups excluding carboxylic acids is 1. The maximum Gasteiger partial charge on any atom is 0.476 e. The predicted molar refractivity (Wildman–Crippen MR) is 92.1 cm³/mol. The van der Waals surface area contributed by atoms with Crippen LogP contribution in [0.1, 0.15) is 27.2 Å². The predicted octanol–water partition coefficient (Wildman–Crippen LogP) is 3.75. The molecule has 7 nitrogen and oxygen atoms in total. The van der Waals surface area contributed by atoms with Crippen molar-refractivity contribution >= 4 is 29.8 Å². The highest BCUT2D eigenvalue weighted by atomic mass is 35.7. The number of nitrogens with zero attached hydrogens (tertiary/aromatic N) is 1. The van der Waals surface area contributed by atoms with Crippen molar-refractivity contribution in [2.75, 3.05) is 18.8 Å². The number of rotatable bonds is 9. The Balaban J connectivity index is 3.15. The molecule has 0 fully saturated rings. The van der Waals surface area contributed by atoms with Gasteiger partial charge in [-0.25, -0.2) is 14.4 Å². The SMILES string of the molecule is CCON(c1ccc(OC)cc1)C(CC(C)C)C(=O)OP(=O)(O)Cl. The lowest BCUT2D eigenvalue weighted by atomic mass is 10.0. The molecule has 9 heteroatoms. The first-order chi connectivity index (χ1) is 11.2. The Kier molecular flexibility index (Phi) is 8.03. The zero-order valence-corrected chi connectivity index (χ0v) is 15.8. The van der Waals surface area contributed by atoms with Crippen molar-refractivity contribution in [3.8, 4) is 5.75 Å². The molecular formula is C15H23ClNO6P. The molecule has 0 aliphatic carbocycles. The van der Waals surface area contributed by atoms with Crippen molar-refractivity contribution in [3.05, 3.63) is 24.3 Å². The van der Waals surface area contributed by atoms with Crippen molar-refractivity contribution in [3.63, 3.8) is 0 Å². The van der Waals surface area contributed by atoms with E-state index in [1.807, 2.05) is 13.8 Å². The second kappa shape index (κ2) is 9.28. The summed E-state index contributed by atoms with van der Waals surface area (Å²) >= 11 is 5.17. The Morgan fingerprint density at radius 1 is 1.33 bits per heavy atom. The highest BCUT2D eigenvalue weighted by molar-refractivity contribution is 7.80. The molecule has 0 radical (unpaired) electrons. The van der Waals surface area contributed by atoms with Crippen LogP contribution in [0.15, 0.2) is 24.3 Å². The fourth-order valence-electron chi connectivity index (χ4n) is 2.12. The summed E-state index contributed by atoms with van der Waals surface area (Å²) in [6.45, 7) is 1.43. The number of methoxy groups -OCH3 is 1. The van der Waals surface area contributed by atoms with Crippen LogP contribution in [0.25, 0.3) is 0 Å². The molecule has 1 aromatic rings. The van der Waals surface area contributed by atoms with Crippen LogP contribution in [-0.4, -0.2) is 30.6 Å². The third kappa shape index (κ3) is 6.69. The molecule has 0 aliphatic rings. The first-order valence-corrected chi connectivity index (χ1v) is 9.98. The van der Waals surface area contributed by atoms with E-state index in [4.69, 9.17) is 25.7 Å². The van der Waals surface area contributed by atoms with Crippen LogP contribution in [0.4, 0.5) is 5.69 Å². The maximum absolute atomic E-state index is 12.3. The van der Waals surface area contributed by atoms with Gasteiger partial charge in [0.15, 0.2) is 6.04 Å². The Bertz CT molecular complexity index is 574. The Morgan fingerprint density at radius 2 is 1.92 bits per heavy atom. The van der Waals surface area contributed by atoms with E-state index in [0.717, 1.165) is 0 Å². The molecule has 0 saturated carbocycles. The third-order valence-electron chi connectivity index (χ3n) is 3.05. The van der Waals surface area contributed by atoms with Crippen molar-refractivity contribution in [1.82, 2.24) is 0 Å². The lowest BCUT2D eigenvalue weighted by molar-refractivity contribution is -0.138. The molecule has 24 heavy (non-hydrogen) atoms. The molecule has 0 aromatic heterocycles. The van der Waals surface area contributed by atoms with Crippen LogP contribution in [0.5, 0.6) is 5.75 Å². The van der Waals surface area contributed by atoms with E-state index in [1.165, 1.54) is 5.06 Å². The van der Waals surface area contributed by atoms with E-state index in [2.05, 4.69) is 4.52 Å². The average Bonchev–Trinajstić information content (AvgIpc) is 2.49. The topological polar surface area (TPSA) is 85.3 Å². The van der Waals surface area contributed by atoms with Crippen LogP contribution >= 0.6 is 18.2 Å². The molecule has 136 valence electrons. The van der Waals surface area contributed by atoms with Gasteiger partial charge in [0.2, 0.25) is 0 Å². The van der Waals surface area contributed by atoms with Crippen LogP contribution < -0.4 is 9.80 Å². The van der Waals surface area contributed by atoms with Crippen molar-refractivity contribution < 1.29 is 28.4 Å². The standard InChI is InChI=1S/C15H23ClNO6P/c1-5-22-17(12-6-8-13(21-4)9-7-12)14(10-11(2)3)15(18)23-24(16,19)20/h6-9,11,14H,5,10H2,1-4H3,(H,19,20). The van der Waals surface area contributed by atoms with E-state index in [0.29, 0.717) is 24.5 Å². The molecule has 0 amide bonds. The number of anilines is 1. The zero-order valence-electron chi connectivity index (χ0n) is 14.1. The van der Waals surface area contributed by atoms with E-state index in [-0.39, 0.29) is 5.92 Å². The lowest BCUT2D eigenvalue weighted by Gasteiger charge is -2.31. The second-order valence-corrected chi connectivity index (χ2v) is 7.82. The lowest BCUT2D eigenvalue weighted by Crippen LogP contribution is -2.43. The van der Waals surface area contributed by atoms with Gasteiger partial charge in [-0.05, 0) is 43.5 Å². The summed E-state index contributed by atoms with van der Waals surface area (Å²) in [4.78, 5) is 27.0. The van der Waals surface area contributed by atoms with Crippen LogP contribution in [0.3, 0.4) is 0 Å². The molecule has 0 saturated heterocycles. The quantitative estimate of drug-likeness (QED) is 0.516. The third-order valence-corrected chi connectivity index (χ3v) is 3.66. The highest BCUT2D eigenvalue weighted by Crippen LogP contribution is 2.48. The second-order valence-electron chi connectivity index (χ2n) is 5.45. The number of benzene rings is 1. The number of halogens is 1. The Labute approximate surface area is 146 Å².